The maximum absolute atomic E-state index is 12.0. The molecule has 0 radical (unpaired) electrons. The van der Waals surface area contributed by atoms with Gasteiger partial charge < -0.3 is 27.2 Å². The summed E-state index contributed by atoms with van der Waals surface area (Å²) in [6, 6.07) is -3.22. The van der Waals surface area contributed by atoms with E-state index in [0.717, 1.165) is 0 Å². The molecule has 0 aromatic carbocycles. The monoisotopic (exact) mass is 276 g/mol. The van der Waals surface area contributed by atoms with Crippen molar-refractivity contribution in [3.05, 3.63) is 0 Å². The van der Waals surface area contributed by atoms with E-state index in [1.165, 1.54) is 13.8 Å². The zero-order chi connectivity index (χ0) is 16.6. The van der Waals surface area contributed by atoms with E-state index in [1.807, 2.05) is 5.73 Å². The number of rotatable bonds is 9. The third kappa shape index (κ3) is 6.73. The third-order valence-corrected chi connectivity index (χ3v) is 2.42. The van der Waals surface area contributed by atoms with Crippen LogP contribution in [0.3, 0.4) is 0 Å². The Hall–Kier alpha value is -1.67. The Balaban J connectivity index is 4.66. The van der Waals surface area contributed by atoms with E-state index in [1.54, 1.807) is 0 Å². The standard InChI is InChI=1S/C11H22N4O4/c1-6(9(16)15-7(2)11(18)19)14-10(17)8(13)4-3-5-12/h6-8H,3-5,12-13H2,1-2H3,(H,14,17)(H,15,16)(H,18,19)/t6-,7-,8-/m0/s1/i/hD2. The highest BCUT2D eigenvalue weighted by atomic mass is 16.4. The minimum absolute atomic E-state index is 0.272. The first-order chi connectivity index (χ1) is 9.76. The fraction of sp³-hybridized carbons (Fsp3) is 0.727. The van der Waals surface area contributed by atoms with Crippen LogP contribution in [-0.4, -0.2) is 47.6 Å². The van der Waals surface area contributed by atoms with Crippen molar-refractivity contribution in [1.82, 2.24) is 10.6 Å². The predicted molar refractivity (Wildman–Crippen MR) is 69.1 cm³/mol. The smallest absolute Gasteiger partial charge is 0.325 e. The molecule has 0 heterocycles. The van der Waals surface area contributed by atoms with Crippen LogP contribution >= 0.6 is 0 Å². The number of aliphatic carboxylic acids is 1. The first-order valence-electron chi connectivity index (χ1n) is 6.93. The third-order valence-electron chi connectivity index (χ3n) is 2.42. The van der Waals surface area contributed by atoms with Crippen LogP contribution in [0, 0.1) is 0 Å². The lowest BCUT2D eigenvalue weighted by Gasteiger charge is -2.18. The summed E-state index contributed by atoms with van der Waals surface area (Å²) in [4.78, 5) is 34.4. The van der Waals surface area contributed by atoms with Gasteiger partial charge in [-0.05, 0) is 33.2 Å². The second-order valence-corrected chi connectivity index (χ2v) is 4.20. The summed E-state index contributed by atoms with van der Waals surface area (Å²) in [7, 11) is 0. The Labute approximate surface area is 114 Å². The summed E-state index contributed by atoms with van der Waals surface area (Å²) in [5.41, 5.74) is 7.35. The van der Waals surface area contributed by atoms with E-state index < -0.39 is 35.9 Å². The van der Waals surface area contributed by atoms with Crippen molar-refractivity contribution in [2.45, 2.75) is 44.8 Å². The molecule has 0 saturated heterocycles. The molecule has 0 fully saturated rings. The zero-order valence-corrected chi connectivity index (χ0v) is 11.0. The van der Waals surface area contributed by atoms with Gasteiger partial charge in [-0.3, -0.25) is 14.4 Å². The number of carboxylic acid groups (broad SMARTS) is 1. The van der Waals surface area contributed by atoms with Crippen LogP contribution < -0.4 is 22.1 Å². The van der Waals surface area contributed by atoms with Crippen LogP contribution in [0.15, 0.2) is 0 Å². The van der Waals surface area contributed by atoms with Crippen LogP contribution in [0.4, 0.5) is 0 Å². The highest BCUT2D eigenvalue weighted by Crippen LogP contribution is 1.95. The molecule has 0 aliphatic carbocycles. The van der Waals surface area contributed by atoms with E-state index >= 15 is 0 Å². The number of carboxylic acids is 1. The van der Waals surface area contributed by atoms with Crippen molar-refractivity contribution < 1.29 is 22.3 Å². The molecule has 8 heteroatoms. The minimum atomic E-state index is -1.22. The molecule has 2 amide bonds. The van der Waals surface area contributed by atoms with Gasteiger partial charge in [0.2, 0.25) is 11.8 Å². The minimum Gasteiger partial charge on any atom is -0.480 e. The maximum Gasteiger partial charge on any atom is 0.325 e. The van der Waals surface area contributed by atoms with Crippen molar-refractivity contribution >= 4 is 17.8 Å². The van der Waals surface area contributed by atoms with Crippen LogP contribution in [0.2, 0.25) is 2.82 Å². The van der Waals surface area contributed by atoms with E-state index in [9.17, 15) is 14.4 Å². The van der Waals surface area contributed by atoms with Crippen LogP contribution in [0.25, 0.3) is 0 Å². The van der Waals surface area contributed by atoms with Gasteiger partial charge in [-0.1, -0.05) is 0 Å². The van der Waals surface area contributed by atoms with Gasteiger partial charge in [0.25, 0.3) is 0 Å². The van der Waals surface area contributed by atoms with Gasteiger partial charge >= 0.3 is 5.97 Å². The van der Waals surface area contributed by atoms with Gasteiger partial charge in [0, 0.05) is 0 Å². The van der Waals surface area contributed by atoms with Crippen molar-refractivity contribution in [3.63, 3.8) is 0 Å². The van der Waals surface area contributed by atoms with Gasteiger partial charge in [-0.25, -0.2) is 0 Å². The quantitative estimate of drug-likeness (QED) is 0.334. The fourth-order valence-electron chi connectivity index (χ4n) is 1.18. The molecule has 0 spiro atoms. The van der Waals surface area contributed by atoms with Crippen molar-refractivity contribution in [2.75, 3.05) is 6.54 Å². The molecule has 0 rings (SSSR count). The summed E-state index contributed by atoms with van der Waals surface area (Å²) in [6.07, 6.45) is 0.765. The van der Waals surface area contributed by atoms with Crippen molar-refractivity contribution in [2.24, 2.45) is 11.5 Å². The molecule has 0 unspecified atom stereocenters. The second kappa shape index (κ2) is 8.44. The van der Waals surface area contributed by atoms with Gasteiger partial charge in [0.1, 0.15) is 13.5 Å². The first kappa shape index (κ1) is 13.8. The largest absolute Gasteiger partial charge is 0.480 e. The molecule has 0 aromatic rings. The Morgan fingerprint density at radius 3 is 2.42 bits per heavy atom. The van der Waals surface area contributed by atoms with E-state index in [2.05, 4.69) is 5.32 Å². The van der Waals surface area contributed by atoms with Gasteiger partial charge in [0.15, 0.2) is 1.41 Å². The SMILES string of the molecule is [2H]N[C@@H](CCCN)C(=O)N([2H])[C@@H](C)C(=O)N[C@@H](C)C(=O)O. The van der Waals surface area contributed by atoms with Gasteiger partial charge in [0.05, 0.1) is 6.04 Å². The lowest BCUT2D eigenvalue weighted by molar-refractivity contribution is -0.141. The molecule has 0 bridgehead atoms. The van der Waals surface area contributed by atoms with E-state index in [-0.39, 0.29) is 6.42 Å². The summed E-state index contributed by atoms with van der Waals surface area (Å²) in [5.74, 6) is -2.72. The lowest BCUT2D eigenvalue weighted by atomic mass is 10.1. The molecule has 7 N–H and O–H groups in total. The molecule has 0 aliphatic heterocycles. The Bertz CT molecular complexity index is 383. The highest BCUT2D eigenvalue weighted by Gasteiger charge is 2.22. The second-order valence-electron chi connectivity index (χ2n) is 4.20. The number of hydrogen-bond donors (Lipinski definition) is 5. The fourth-order valence-corrected chi connectivity index (χ4v) is 1.18. The maximum atomic E-state index is 12.0. The number of carbonyl (C=O) groups excluding carboxylic acids is 2. The van der Waals surface area contributed by atoms with Gasteiger partial charge in [-0.15, -0.1) is 0 Å². The van der Waals surface area contributed by atoms with Crippen LogP contribution in [0.5, 0.6) is 0 Å². The number of nitrogens with one attached hydrogen (secondary N) is 2. The Kier molecular flexibility index (Phi) is 6.11. The molecular weight excluding hydrogens is 252 g/mol. The van der Waals surface area contributed by atoms with Crippen molar-refractivity contribution in [1.29, 1.82) is 0 Å². The van der Waals surface area contributed by atoms with E-state index in [4.69, 9.17) is 13.7 Å². The summed E-state index contributed by atoms with van der Waals surface area (Å²) in [5, 5.41) is 11.3. The number of carbonyl (C=O) groups is 3. The van der Waals surface area contributed by atoms with Crippen molar-refractivity contribution in [3.8, 4) is 0 Å². The highest BCUT2D eigenvalue weighted by molar-refractivity contribution is 5.91. The average molecular weight is 276 g/mol. The Morgan fingerprint density at radius 1 is 1.32 bits per heavy atom. The summed E-state index contributed by atoms with van der Waals surface area (Å²) < 4.78 is 14.7. The molecule has 0 saturated carbocycles. The van der Waals surface area contributed by atoms with Crippen LogP contribution in [-0.2, 0) is 14.4 Å². The topological polar surface area (TPSA) is 148 Å². The molecule has 19 heavy (non-hydrogen) atoms. The molecule has 110 valence electrons. The van der Waals surface area contributed by atoms with Crippen LogP contribution in [0.1, 0.15) is 26.7 Å². The summed E-state index contributed by atoms with van der Waals surface area (Å²) >= 11 is 0. The number of hydrogen-bond acceptors (Lipinski definition) is 5. The molecule has 0 aromatic heterocycles. The first-order valence-corrected chi connectivity index (χ1v) is 5.98. The lowest BCUT2D eigenvalue weighted by Crippen LogP contribution is -2.52. The molecule has 0 aliphatic rings. The number of amides is 2. The number of nitrogens with two attached hydrogens (primary N) is 2. The van der Waals surface area contributed by atoms with Gasteiger partial charge in [-0.2, -0.15) is 0 Å². The summed E-state index contributed by atoms with van der Waals surface area (Å²) in [6.45, 7) is 2.92. The average Bonchev–Trinajstić information content (AvgIpc) is 2.45. The zero-order valence-electron chi connectivity index (χ0n) is 13.0. The predicted octanol–water partition coefficient (Wildman–Crippen LogP) is -1.85. The Morgan fingerprint density at radius 2 is 1.95 bits per heavy atom. The normalized spacial score (nSPS) is 16.6. The van der Waals surface area contributed by atoms with E-state index in [0.29, 0.717) is 18.3 Å². The molecule has 8 nitrogen and oxygen atoms in total. The molecule has 3 atom stereocenters. The molecular formula is C11H22N4O4.